The van der Waals surface area contributed by atoms with Crippen molar-refractivity contribution in [1.29, 1.82) is 0 Å². The molecular weight excluding hydrogens is 221 g/mol. The van der Waals surface area contributed by atoms with E-state index in [-0.39, 0.29) is 17.1 Å². The zero-order chi connectivity index (χ0) is 12.3. The van der Waals surface area contributed by atoms with E-state index in [0.717, 1.165) is 6.07 Å². The van der Waals surface area contributed by atoms with E-state index < -0.39 is 11.9 Å². The van der Waals surface area contributed by atoms with Crippen LogP contribution in [0.25, 0.3) is 5.76 Å². The highest BCUT2D eigenvalue weighted by Gasteiger charge is 2.33. The molecule has 0 saturated carbocycles. The number of nitrogens with zero attached hydrogens (tertiary/aromatic N) is 1. The zero-order valence-electron chi connectivity index (χ0n) is 8.64. The van der Waals surface area contributed by atoms with Crippen molar-refractivity contribution in [2.45, 2.75) is 13.1 Å². The molecule has 0 radical (unpaired) electrons. The molecule has 1 aromatic rings. The van der Waals surface area contributed by atoms with Gasteiger partial charge >= 0.3 is 6.18 Å². The molecule has 2 N–H and O–H groups in total. The standard InChI is InChI=1S/C10H11F3N2O/c1-3-16-6(2)8-4-7(14)5-9(15-8)10(11,12)13/h4-5H,2-3H2,1H3,(H2,14,15). The van der Waals surface area contributed by atoms with Gasteiger partial charge in [-0.3, -0.25) is 0 Å². The number of alkyl halides is 3. The Hall–Kier alpha value is -1.72. The first-order valence-electron chi connectivity index (χ1n) is 4.51. The van der Waals surface area contributed by atoms with Gasteiger partial charge in [-0.1, -0.05) is 6.58 Å². The zero-order valence-corrected chi connectivity index (χ0v) is 8.64. The monoisotopic (exact) mass is 232 g/mol. The van der Waals surface area contributed by atoms with Gasteiger partial charge in [-0.05, 0) is 19.1 Å². The number of hydrogen-bond acceptors (Lipinski definition) is 3. The molecular formula is C10H11F3N2O. The van der Waals surface area contributed by atoms with Crippen LogP contribution in [0.15, 0.2) is 18.7 Å². The number of anilines is 1. The van der Waals surface area contributed by atoms with Crippen molar-refractivity contribution < 1.29 is 17.9 Å². The number of halogens is 3. The number of nitrogen functional groups attached to an aromatic ring is 1. The van der Waals surface area contributed by atoms with Gasteiger partial charge in [0.25, 0.3) is 0 Å². The van der Waals surface area contributed by atoms with E-state index >= 15 is 0 Å². The highest BCUT2D eigenvalue weighted by Crippen LogP contribution is 2.30. The number of hydrogen-bond donors (Lipinski definition) is 1. The van der Waals surface area contributed by atoms with E-state index in [4.69, 9.17) is 10.5 Å². The first-order chi connectivity index (χ1) is 7.34. The van der Waals surface area contributed by atoms with Crippen molar-refractivity contribution >= 4 is 11.4 Å². The van der Waals surface area contributed by atoms with E-state index in [2.05, 4.69) is 11.6 Å². The minimum absolute atomic E-state index is 0.00539. The Bertz CT molecular complexity index is 402. The van der Waals surface area contributed by atoms with Gasteiger partial charge in [0.15, 0.2) is 0 Å². The average molecular weight is 232 g/mol. The van der Waals surface area contributed by atoms with Crippen molar-refractivity contribution in [1.82, 2.24) is 4.98 Å². The summed E-state index contributed by atoms with van der Waals surface area (Å²) in [6.07, 6.45) is -4.53. The molecule has 0 aromatic carbocycles. The normalized spacial score (nSPS) is 11.2. The van der Waals surface area contributed by atoms with E-state index in [1.165, 1.54) is 6.07 Å². The van der Waals surface area contributed by atoms with Gasteiger partial charge in [0.1, 0.15) is 17.1 Å². The molecule has 16 heavy (non-hydrogen) atoms. The van der Waals surface area contributed by atoms with Gasteiger partial charge in [0, 0.05) is 5.69 Å². The molecule has 88 valence electrons. The van der Waals surface area contributed by atoms with E-state index in [0.29, 0.717) is 6.61 Å². The third-order valence-electron chi connectivity index (χ3n) is 1.74. The summed E-state index contributed by atoms with van der Waals surface area (Å²) in [5, 5.41) is 0. The second-order valence-corrected chi connectivity index (χ2v) is 3.02. The summed E-state index contributed by atoms with van der Waals surface area (Å²) >= 11 is 0. The van der Waals surface area contributed by atoms with Crippen LogP contribution in [0, 0.1) is 0 Å². The Morgan fingerprint density at radius 1 is 1.50 bits per heavy atom. The third-order valence-corrected chi connectivity index (χ3v) is 1.74. The highest BCUT2D eigenvalue weighted by atomic mass is 19.4. The minimum atomic E-state index is -4.53. The lowest BCUT2D eigenvalue weighted by Gasteiger charge is -2.11. The molecule has 3 nitrogen and oxygen atoms in total. The predicted octanol–water partition coefficient (Wildman–Crippen LogP) is 2.69. The second-order valence-electron chi connectivity index (χ2n) is 3.02. The predicted molar refractivity (Wildman–Crippen MR) is 54.3 cm³/mol. The molecule has 0 saturated heterocycles. The molecule has 1 rings (SSSR count). The fourth-order valence-corrected chi connectivity index (χ4v) is 1.09. The van der Waals surface area contributed by atoms with Crippen LogP contribution < -0.4 is 5.73 Å². The summed E-state index contributed by atoms with van der Waals surface area (Å²) in [4.78, 5) is 3.39. The molecule has 6 heteroatoms. The number of aromatic nitrogens is 1. The summed E-state index contributed by atoms with van der Waals surface area (Å²) in [5.74, 6) is 0.0697. The SMILES string of the molecule is C=C(OCC)c1cc(N)cc(C(F)(F)F)n1. The molecule has 1 heterocycles. The molecule has 0 spiro atoms. The molecule has 0 amide bonds. The van der Waals surface area contributed by atoms with E-state index in [9.17, 15) is 13.2 Å². The summed E-state index contributed by atoms with van der Waals surface area (Å²) < 4.78 is 42.2. The van der Waals surface area contributed by atoms with Crippen LogP contribution in [-0.4, -0.2) is 11.6 Å². The molecule has 0 bridgehead atoms. The summed E-state index contributed by atoms with van der Waals surface area (Å²) in [7, 11) is 0. The Morgan fingerprint density at radius 3 is 2.62 bits per heavy atom. The molecule has 0 aliphatic rings. The van der Waals surface area contributed by atoms with Crippen molar-refractivity contribution in [3.8, 4) is 0 Å². The van der Waals surface area contributed by atoms with Crippen molar-refractivity contribution in [2.75, 3.05) is 12.3 Å². The fourth-order valence-electron chi connectivity index (χ4n) is 1.09. The lowest BCUT2D eigenvalue weighted by atomic mass is 10.2. The van der Waals surface area contributed by atoms with Crippen molar-refractivity contribution in [2.24, 2.45) is 0 Å². The Labute approximate surface area is 90.7 Å². The van der Waals surface area contributed by atoms with Crippen molar-refractivity contribution in [3.05, 3.63) is 30.1 Å². The Kier molecular flexibility index (Phi) is 3.41. The largest absolute Gasteiger partial charge is 0.492 e. The maximum absolute atomic E-state index is 12.4. The van der Waals surface area contributed by atoms with Crippen LogP contribution in [-0.2, 0) is 10.9 Å². The number of nitrogens with two attached hydrogens (primary N) is 1. The van der Waals surface area contributed by atoms with Gasteiger partial charge in [-0.2, -0.15) is 13.2 Å². The summed E-state index contributed by atoms with van der Waals surface area (Å²) in [6.45, 7) is 5.47. The molecule has 1 aromatic heterocycles. The molecule has 0 atom stereocenters. The second kappa shape index (κ2) is 4.42. The smallest absolute Gasteiger partial charge is 0.433 e. The third kappa shape index (κ3) is 2.88. The topological polar surface area (TPSA) is 48.1 Å². The number of ether oxygens (including phenoxy) is 1. The van der Waals surface area contributed by atoms with Crippen LogP contribution in [0.3, 0.4) is 0 Å². The van der Waals surface area contributed by atoms with Gasteiger partial charge in [0.05, 0.1) is 6.61 Å². The fraction of sp³-hybridized carbons (Fsp3) is 0.300. The van der Waals surface area contributed by atoms with Gasteiger partial charge in [-0.15, -0.1) is 0 Å². The Balaban J connectivity index is 3.13. The van der Waals surface area contributed by atoms with Crippen LogP contribution in [0.5, 0.6) is 0 Å². The first kappa shape index (κ1) is 12.4. The van der Waals surface area contributed by atoms with Crippen molar-refractivity contribution in [3.63, 3.8) is 0 Å². The van der Waals surface area contributed by atoms with Gasteiger partial charge < -0.3 is 10.5 Å². The van der Waals surface area contributed by atoms with Crippen LogP contribution in [0.1, 0.15) is 18.3 Å². The van der Waals surface area contributed by atoms with Crippen LogP contribution >= 0.6 is 0 Å². The van der Waals surface area contributed by atoms with Crippen LogP contribution in [0.4, 0.5) is 18.9 Å². The quantitative estimate of drug-likeness (QED) is 0.815. The number of pyridine rings is 1. The van der Waals surface area contributed by atoms with Gasteiger partial charge in [0.2, 0.25) is 0 Å². The first-order valence-corrected chi connectivity index (χ1v) is 4.51. The molecule has 0 unspecified atom stereocenters. The minimum Gasteiger partial charge on any atom is -0.492 e. The maximum atomic E-state index is 12.4. The maximum Gasteiger partial charge on any atom is 0.433 e. The molecule has 0 aliphatic heterocycles. The highest BCUT2D eigenvalue weighted by molar-refractivity contribution is 5.58. The van der Waals surface area contributed by atoms with E-state index in [1.54, 1.807) is 6.92 Å². The molecule has 0 fully saturated rings. The summed E-state index contributed by atoms with van der Waals surface area (Å²) in [5.41, 5.74) is 4.27. The van der Waals surface area contributed by atoms with E-state index in [1.807, 2.05) is 0 Å². The lowest BCUT2D eigenvalue weighted by Crippen LogP contribution is -2.10. The Morgan fingerprint density at radius 2 is 2.12 bits per heavy atom. The summed E-state index contributed by atoms with van der Waals surface area (Å²) in [6, 6.07) is 2.05. The lowest BCUT2D eigenvalue weighted by molar-refractivity contribution is -0.141. The number of rotatable bonds is 3. The average Bonchev–Trinajstić information content (AvgIpc) is 2.16. The van der Waals surface area contributed by atoms with Gasteiger partial charge in [-0.25, -0.2) is 4.98 Å². The van der Waals surface area contributed by atoms with Crippen LogP contribution in [0.2, 0.25) is 0 Å². The molecule has 0 aliphatic carbocycles.